The van der Waals surface area contributed by atoms with Gasteiger partial charge in [0.1, 0.15) is 0 Å². The lowest BCUT2D eigenvalue weighted by molar-refractivity contribution is 0.200. The molecule has 172 valence electrons. The van der Waals surface area contributed by atoms with Gasteiger partial charge in [-0.2, -0.15) is 4.31 Å². The first kappa shape index (κ1) is 22.6. The van der Waals surface area contributed by atoms with Gasteiger partial charge in [-0.3, -0.25) is 0 Å². The van der Waals surface area contributed by atoms with Gasteiger partial charge in [0.05, 0.1) is 4.90 Å². The molecular weight excluding hydrogens is 424 g/mol. The third kappa shape index (κ3) is 4.76. The topological polar surface area (TPSA) is 73.0 Å². The summed E-state index contributed by atoms with van der Waals surface area (Å²) in [5.74, 6) is 0. The molecule has 2 aliphatic rings. The molecule has 2 amide bonds. The maximum atomic E-state index is 13.1. The number of urea groups is 1. The van der Waals surface area contributed by atoms with Crippen LogP contribution in [0.25, 0.3) is 0 Å². The molecule has 0 aliphatic carbocycles. The van der Waals surface area contributed by atoms with Crippen LogP contribution in [0.2, 0.25) is 0 Å². The molecule has 0 atom stereocenters. The number of amides is 2. The number of piperidine rings is 1. The standard InChI is InChI=1S/C24H32N4O3S/c1-19-7-6-8-23(20(19)2)26-15-17-28(18-16-26)32(30,31)22-11-9-21(10-12-22)25-24(29)27-13-4-3-5-14-27/h6-12H,3-5,13-18H2,1-2H3,(H,25,29). The number of hydrogen-bond donors (Lipinski definition) is 1. The molecule has 0 radical (unpaired) electrons. The number of nitrogens with zero attached hydrogens (tertiary/aromatic N) is 3. The second-order valence-corrected chi connectivity index (χ2v) is 10.6. The van der Waals surface area contributed by atoms with E-state index in [1.54, 1.807) is 28.6 Å². The molecule has 2 aromatic rings. The third-order valence-electron chi connectivity index (χ3n) is 6.54. The van der Waals surface area contributed by atoms with E-state index in [2.05, 4.69) is 36.2 Å². The number of likely N-dealkylation sites (tertiary alicyclic amines) is 1. The zero-order chi connectivity index (χ0) is 22.7. The van der Waals surface area contributed by atoms with Crippen LogP contribution < -0.4 is 10.2 Å². The number of piperazine rings is 1. The number of nitrogens with one attached hydrogen (secondary N) is 1. The Labute approximate surface area is 191 Å². The number of hydrogen-bond acceptors (Lipinski definition) is 4. The lowest BCUT2D eigenvalue weighted by Gasteiger charge is -2.36. The van der Waals surface area contributed by atoms with Gasteiger partial charge in [-0.25, -0.2) is 13.2 Å². The normalized spacial score (nSPS) is 17.9. The monoisotopic (exact) mass is 456 g/mol. The van der Waals surface area contributed by atoms with Crippen LogP contribution in [-0.4, -0.2) is 62.9 Å². The van der Waals surface area contributed by atoms with Gasteiger partial charge >= 0.3 is 6.03 Å². The molecule has 4 rings (SSSR count). The SMILES string of the molecule is Cc1cccc(N2CCN(S(=O)(=O)c3ccc(NC(=O)N4CCCCC4)cc3)CC2)c1C. The molecule has 2 heterocycles. The molecule has 0 spiro atoms. The highest BCUT2D eigenvalue weighted by Gasteiger charge is 2.29. The fraction of sp³-hybridized carbons (Fsp3) is 0.458. The van der Waals surface area contributed by atoms with Crippen molar-refractivity contribution in [3.63, 3.8) is 0 Å². The van der Waals surface area contributed by atoms with Crippen molar-refractivity contribution in [1.82, 2.24) is 9.21 Å². The average molecular weight is 457 g/mol. The minimum absolute atomic E-state index is 0.122. The van der Waals surface area contributed by atoms with Gasteiger partial charge in [0.25, 0.3) is 0 Å². The van der Waals surface area contributed by atoms with Crippen molar-refractivity contribution in [3.05, 3.63) is 53.6 Å². The number of carbonyl (C=O) groups is 1. The number of benzene rings is 2. The summed E-state index contributed by atoms with van der Waals surface area (Å²) in [6.07, 6.45) is 3.22. The Kier molecular flexibility index (Phi) is 6.71. The summed E-state index contributed by atoms with van der Waals surface area (Å²) in [5, 5.41) is 2.88. The number of anilines is 2. The Morgan fingerprint density at radius 3 is 2.16 bits per heavy atom. The molecule has 2 fully saturated rings. The second-order valence-electron chi connectivity index (χ2n) is 8.61. The Balaban J connectivity index is 1.38. The van der Waals surface area contributed by atoms with Crippen LogP contribution in [0.5, 0.6) is 0 Å². The molecule has 2 aliphatic heterocycles. The van der Waals surface area contributed by atoms with E-state index < -0.39 is 10.0 Å². The summed E-state index contributed by atoms with van der Waals surface area (Å²) in [6.45, 7) is 7.96. The van der Waals surface area contributed by atoms with Crippen molar-refractivity contribution in [2.24, 2.45) is 0 Å². The molecule has 32 heavy (non-hydrogen) atoms. The first-order chi connectivity index (χ1) is 15.4. The smallest absolute Gasteiger partial charge is 0.321 e. The molecule has 0 unspecified atom stereocenters. The van der Waals surface area contributed by atoms with E-state index in [9.17, 15) is 13.2 Å². The predicted octanol–water partition coefficient (Wildman–Crippen LogP) is 3.83. The van der Waals surface area contributed by atoms with Crippen LogP contribution in [0.1, 0.15) is 30.4 Å². The fourth-order valence-electron chi connectivity index (χ4n) is 4.41. The summed E-state index contributed by atoms with van der Waals surface area (Å²) in [5.41, 5.74) is 4.27. The van der Waals surface area contributed by atoms with Gasteiger partial charge in [-0.1, -0.05) is 12.1 Å². The molecule has 8 heteroatoms. The third-order valence-corrected chi connectivity index (χ3v) is 8.45. The van der Waals surface area contributed by atoms with Crippen molar-refractivity contribution in [2.45, 2.75) is 38.0 Å². The number of carbonyl (C=O) groups excluding carboxylic acids is 1. The molecule has 0 aromatic heterocycles. The maximum Gasteiger partial charge on any atom is 0.321 e. The van der Waals surface area contributed by atoms with E-state index in [0.29, 0.717) is 31.9 Å². The van der Waals surface area contributed by atoms with Gasteiger partial charge in [-0.05, 0) is 74.6 Å². The largest absolute Gasteiger partial charge is 0.369 e. The summed E-state index contributed by atoms with van der Waals surface area (Å²) in [6, 6.07) is 12.6. The Bertz CT molecular complexity index is 1060. The first-order valence-electron chi connectivity index (χ1n) is 11.3. The van der Waals surface area contributed by atoms with Gasteiger partial charge in [0.2, 0.25) is 10.0 Å². The number of rotatable bonds is 4. The van der Waals surface area contributed by atoms with E-state index >= 15 is 0 Å². The van der Waals surface area contributed by atoms with Crippen LogP contribution in [-0.2, 0) is 10.0 Å². The fourth-order valence-corrected chi connectivity index (χ4v) is 5.83. The Morgan fingerprint density at radius 2 is 1.50 bits per heavy atom. The van der Waals surface area contributed by atoms with E-state index in [4.69, 9.17) is 0 Å². The van der Waals surface area contributed by atoms with Crippen LogP contribution in [0, 0.1) is 13.8 Å². The molecule has 7 nitrogen and oxygen atoms in total. The molecular formula is C24H32N4O3S. The van der Waals surface area contributed by atoms with Crippen molar-refractivity contribution < 1.29 is 13.2 Å². The molecule has 0 bridgehead atoms. The summed E-state index contributed by atoms with van der Waals surface area (Å²) >= 11 is 0. The highest BCUT2D eigenvalue weighted by molar-refractivity contribution is 7.89. The molecule has 1 N–H and O–H groups in total. The predicted molar refractivity (Wildman–Crippen MR) is 128 cm³/mol. The van der Waals surface area contributed by atoms with Crippen LogP contribution in [0.3, 0.4) is 0 Å². The van der Waals surface area contributed by atoms with E-state index in [-0.39, 0.29) is 10.9 Å². The molecule has 0 saturated carbocycles. The van der Waals surface area contributed by atoms with E-state index in [1.165, 1.54) is 16.8 Å². The van der Waals surface area contributed by atoms with E-state index in [1.807, 2.05) is 11.0 Å². The Hall–Kier alpha value is -2.58. The van der Waals surface area contributed by atoms with Crippen molar-refractivity contribution in [1.29, 1.82) is 0 Å². The minimum Gasteiger partial charge on any atom is -0.369 e. The highest BCUT2D eigenvalue weighted by atomic mass is 32.2. The second kappa shape index (κ2) is 9.50. The summed E-state index contributed by atoms with van der Waals surface area (Å²) < 4.78 is 27.8. The minimum atomic E-state index is -3.57. The van der Waals surface area contributed by atoms with Crippen LogP contribution >= 0.6 is 0 Å². The van der Waals surface area contributed by atoms with Crippen LogP contribution in [0.4, 0.5) is 16.2 Å². The zero-order valence-corrected chi connectivity index (χ0v) is 19.7. The lowest BCUT2D eigenvalue weighted by atomic mass is 10.1. The lowest BCUT2D eigenvalue weighted by Crippen LogP contribution is -2.48. The van der Waals surface area contributed by atoms with Gasteiger partial charge in [0, 0.05) is 50.6 Å². The average Bonchev–Trinajstić information content (AvgIpc) is 2.82. The van der Waals surface area contributed by atoms with E-state index in [0.717, 1.165) is 32.4 Å². The Morgan fingerprint density at radius 1 is 0.844 bits per heavy atom. The zero-order valence-electron chi connectivity index (χ0n) is 18.9. The highest BCUT2D eigenvalue weighted by Crippen LogP contribution is 2.26. The van der Waals surface area contributed by atoms with Gasteiger partial charge in [-0.15, -0.1) is 0 Å². The summed E-state index contributed by atoms with van der Waals surface area (Å²) in [4.78, 5) is 16.7. The van der Waals surface area contributed by atoms with Crippen molar-refractivity contribution in [3.8, 4) is 0 Å². The molecule has 2 aromatic carbocycles. The van der Waals surface area contributed by atoms with Gasteiger partial charge < -0.3 is 15.1 Å². The van der Waals surface area contributed by atoms with Crippen molar-refractivity contribution in [2.75, 3.05) is 49.5 Å². The summed E-state index contributed by atoms with van der Waals surface area (Å²) in [7, 11) is -3.57. The van der Waals surface area contributed by atoms with Gasteiger partial charge in [0.15, 0.2) is 0 Å². The van der Waals surface area contributed by atoms with Crippen LogP contribution in [0.15, 0.2) is 47.4 Å². The molecule has 2 saturated heterocycles. The van der Waals surface area contributed by atoms with Crippen molar-refractivity contribution >= 4 is 27.4 Å². The quantitative estimate of drug-likeness (QED) is 0.759. The first-order valence-corrected chi connectivity index (χ1v) is 12.8. The number of sulfonamides is 1. The maximum absolute atomic E-state index is 13.1. The number of aryl methyl sites for hydroxylation is 1.